The summed E-state index contributed by atoms with van der Waals surface area (Å²) < 4.78 is 12.7. The molecule has 0 bridgehead atoms. The molecule has 158 valence electrons. The van der Waals surface area contributed by atoms with Gasteiger partial charge in [0.15, 0.2) is 11.5 Å². The van der Waals surface area contributed by atoms with Crippen molar-refractivity contribution in [3.8, 4) is 11.5 Å². The van der Waals surface area contributed by atoms with Crippen LogP contribution in [0, 0.1) is 3.57 Å². The van der Waals surface area contributed by atoms with Crippen molar-refractivity contribution in [3.05, 3.63) is 56.1 Å². The van der Waals surface area contributed by atoms with Crippen LogP contribution in [0.25, 0.3) is 6.08 Å². The topological polar surface area (TPSA) is 51.1 Å². The molecular formula is C23H24ClIN2O3. The fourth-order valence-corrected chi connectivity index (χ4v) is 4.03. The van der Waals surface area contributed by atoms with Crippen LogP contribution < -0.4 is 14.5 Å². The van der Waals surface area contributed by atoms with E-state index in [9.17, 15) is 4.79 Å². The van der Waals surface area contributed by atoms with Gasteiger partial charge in [-0.05, 0) is 78.8 Å². The second kappa shape index (κ2) is 10.3. The molecule has 1 heterocycles. The van der Waals surface area contributed by atoms with Crippen molar-refractivity contribution in [1.29, 1.82) is 0 Å². The average Bonchev–Trinajstić information content (AvgIpc) is 2.99. The van der Waals surface area contributed by atoms with E-state index in [2.05, 4.69) is 34.6 Å². The zero-order valence-corrected chi connectivity index (χ0v) is 20.2. The molecule has 2 aromatic carbocycles. The molecule has 0 atom stereocenters. The Bertz CT molecular complexity index is 1000. The number of halogens is 2. The maximum absolute atomic E-state index is 13.0. The number of carbonyl (C=O) groups is 1. The van der Waals surface area contributed by atoms with Gasteiger partial charge in [-0.2, -0.15) is 10.1 Å². The summed E-state index contributed by atoms with van der Waals surface area (Å²) in [4.78, 5) is 13.0. The lowest BCUT2D eigenvalue weighted by Gasteiger charge is -2.15. The summed E-state index contributed by atoms with van der Waals surface area (Å²) in [6, 6.07) is 11.0. The molecular weight excluding hydrogens is 515 g/mol. The highest BCUT2D eigenvalue weighted by atomic mass is 127. The summed E-state index contributed by atoms with van der Waals surface area (Å²) in [5.74, 6) is 1.21. The number of anilines is 1. The standard InChI is InChI=1S/C23H24ClIN2O3/c1-4-6-11-30-22-19(25)13-16(14-21(22)29-5-2)12-17-15(3)26-27(23(17)28)20-10-8-7-9-18(20)24/h7-10,12-14H,4-6,11H2,1-3H3/b17-12+. The minimum Gasteiger partial charge on any atom is -0.490 e. The predicted octanol–water partition coefficient (Wildman–Crippen LogP) is 6.33. The molecule has 0 spiro atoms. The molecule has 1 aliphatic rings. The van der Waals surface area contributed by atoms with Crippen LogP contribution in [0.2, 0.25) is 5.02 Å². The highest BCUT2D eigenvalue weighted by Crippen LogP contribution is 2.36. The van der Waals surface area contributed by atoms with E-state index in [0.717, 1.165) is 27.7 Å². The van der Waals surface area contributed by atoms with Crippen LogP contribution in [-0.4, -0.2) is 24.8 Å². The van der Waals surface area contributed by atoms with Gasteiger partial charge < -0.3 is 9.47 Å². The summed E-state index contributed by atoms with van der Waals surface area (Å²) in [7, 11) is 0. The molecule has 5 nitrogen and oxygen atoms in total. The van der Waals surface area contributed by atoms with E-state index >= 15 is 0 Å². The number of ether oxygens (including phenoxy) is 2. The zero-order chi connectivity index (χ0) is 21.7. The molecule has 2 aromatic rings. The Kier molecular flexibility index (Phi) is 7.77. The Hall–Kier alpha value is -2.06. The third-order valence-electron chi connectivity index (χ3n) is 4.53. The second-order valence-electron chi connectivity index (χ2n) is 6.78. The monoisotopic (exact) mass is 538 g/mol. The number of hydrogen-bond donors (Lipinski definition) is 0. The fourth-order valence-electron chi connectivity index (χ4n) is 3.03. The lowest BCUT2D eigenvalue weighted by molar-refractivity contribution is -0.114. The Morgan fingerprint density at radius 1 is 1.20 bits per heavy atom. The summed E-state index contributed by atoms with van der Waals surface area (Å²) >= 11 is 8.50. The highest BCUT2D eigenvalue weighted by molar-refractivity contribution is 14.1. The van der Waals surface area contributed by atoms with E-state index in [-0.39, 0.29) is 5.91 Å². The van der Waals surface area contributed by atoms with Crippen LogP contribution in [0.15, 0.2) is 47.1 Å². The number of hydrazone groups is 1. The summed E-state index contributed by atoms with van der Waals surface area (Å²) in [6.07, 6.45) is 3.88. The molecule has 1 amide bonds. The van der Waals surface area contributed by atoms with Crippen molar-refractivity contribution in [1.82, 2.24) is 0 Å². The van der Waals surface area contributed by atoms with Crippen molar-refractivity contribution in [3.63, 3.8) is 0 Å². The molecule has 30 heavy (non-hydrogen) atoms. The predicted molar refractivity (Wildman–Crippen MR) is 131 cm³/mol. The van der Waals surface area contributed by atoms with E-state index in [1.807, 2.05) is 44.2 Å². The van der Waals surface area contributed by atoms with Gasteiger partial charge in [-0.25, -0.2) is 0 Å². The average molecular weight is 539 g/mol. The van der Waals surface area contributed by atoms with Gasteiger partial charge in [-0.15, -0.1) is 0 Å². The Labute approximate surface area is 195 Å². The number of hydrogen-bond acceptors (Lipinski definition) is 4. The smallest absolute Gasteiger partial charge is 0.280 e. The lowest BCUT2D eigenvalue weighted by Crippen LogP contribution is -2.21. The van der Waals surface area contributed by atoms with Gasteiger partial charge in [-0.3, -0.25) is 4.79 Å². The second-order valence-corrected chi connectivity index (χ2v) is 8.35. The number of para-hydroxylation sites is 1. The first-order valence-corrected chi connectivity index (χ1v) is 11.4. The molecule has 0 saturated heterocycles. The molecule has 7 heteroatoms. The third kappa shape index (κ3) is 4.98. The van der Waals surface area contributed by atoms with Crippen LogP contribution in [0.4, 0.5) is 5.69 Å². The Balaban J connectivity index is 1.93. The van der Waals surface area contributed by atoms with Crippen molar-refractivity contribution in [2.24, 2.45) is 5.10 Å². The van der Waals surface area contributed by atoms with Crippen molar-refractivity contribution in [2.45, 2.75) is 33.6 Å². The van der Waals surface area contributed by atoms with Gasteiger partial charge in [0.05, 0.1) is 38.8 Å². The molecule has 1 aliphatic heterocycles. The van der Waals surface area contributed by atoms with Crippen molar-refractivity contribution >= 4 is 57.6 Å². The van der Waals surface area contributed by atoms with Gasteiger partial charge in [0, 0.05) is 0 Å². The van der Waals surface area contributed by atoms with E-state index in [4.69, 9.17) is 21.1 Å². The SMILES string of the molecule is CCCCOc1c(I)cc(/C=C2/C(=O)N(c3ccccc3Cl)N=C2C)cc1OCC. The molecule has 0 unspecified atom stereocenters. The molecule has 0 saturated carbocycles. The van der Waals surface area contributed by atoms with Crippen molar-refractivity contribution in [2.75, 3.05) is 18.2 Å². The van der Waals surface area contributed by atoms with E-state index < -0.39 is 0 Å². The first-order chi connectivity index (χ1) is 14.5. The minimum atomic E-state index is -0.211. The molecule has 0 fully saturated rings. The Morgan fingerprint density at radius 2 is 1.97 bits per heavy atom. The summed E-state index contributed by atoms with van der Waals surface area (Å²) in [6.45, 7) is 7.05. The highest BCUT2D eigenvalue weighted by Gasteiger charge is 2.30. The number of rotatable bonds is 8. The normalized spacial score (nSPS) is 15.0. The van der Waals surface area contributed by atoms with Gasteiger partial charge in [0.1, 0.15) is 0 Å². The summed E-state index contributed by atoms with van der Waals surface area (Å²) in [5.41, 5.74) is 2.57. The Morgan fingerprint density at radius 3 is 2.67 bits per heavy atom. The molecule has 0 aromatic heterocycles. The van der Waals surface area contributed by atoms with Crippen molar-refractivity contribution < 1.29 is 14.3 Å². The number of benzene rings is 2. The van der Waals surface area contributed by atoms with Gasteiger partial charge >= 0.3 is 0 Å². The van der Waals surface area contributed by atoms with Crippen LogP contribution in [0.5, 0.6) is 11.5 Å². The maximum Gasteiger partial charge on any atom is 0.280 e. The van der Waals surface area contributed by atoms with Crippen LogP contribution in [-0.2, 0) is 4.79 Å². The van der Waals surface area contributed by atoms with Crippen LogP contribution >= 0.6 is 34.2 Å². The van der Waals surface area contributed by atoms with E-state index in [0.29, 0.717) is 41.0 Å². The molecule has 0 radical (unpaired) electrons. The van der Waals surface area contributed by atoms with Gasteiger partial charge in [-0.1, -0.05) is 37.1 Å². The number of amides is 1. The lowest BCUT2D eigenvalue weighted by atomic mass is 10.1. The first-order valence-electron chi connectivity index (χ1n) is 9.91. The molecule has 0 aliphatic carbocycles. The quantitative estimate of drug-likeness (QED) is 0.224. The van der Waals surface area contributed by atoms with E-state index in [1.165, 1.54) is 5.01 Å². The molecule has 0 N–H and O–H groups in total. The molecule has 3 rings (SSSR count). The minimum absolute atomic E-state index is 0.211. The zero-order valence-electron chi connectivity index (χ0n) is 17.2. The van der Waals surface area contributed by atoms with Gasteiger partial charge in [0.2, 0.25) is 0 Å². The third-order valence-corrected chi connectivity index (χ3v) is 5.65. The fraction of sp³-hybridized carbons (Fsp3) is 0.304. The van der Waals surface area contributed by atoms with E-state index in [1.54, 1.807) is 12.1 Å². The van der Waals surface area contributed by atoms with Crippen LogP contribution in [0.1, 0.15) is 39.2 Å². The number of nitrogens with zero attached hydrogens (tertiary/aromatic N) is 2. The number of carbonyl (C=O) groups excluding carboxylic acids is 1. The first kappa shape index (κ1) is 22.6. The summed E-state index contributed by atoms with van der Waals surface area (Å²) in [5, 5.41) is 6.24. The maximum atomic E-state index is 13.0. The van der Waals surface area contributed by atoms with Gasteiger partial charge in [0.25, 0.3) is 5.91 Å². The van der Waals surface area contributed by atoms with Crippen LogP contribution in [0.3, 0.4) is 0 Å². The largest absolute Gasteiger partial charge is 0.490 e. The number of unbranched alkanes of at least 4 members (excludes halogenated alkanes) is 1.